The highest BCUT2D eigenvalue weighted by atomic mass is 16.3. The summed E-state index contributed by atoms with van der Waals surface area (Å²) < 4.78 is 0. The number of aliphatic hydroxyl groups excluding tert-OH is 1. The summed E-state index contributed by atoms with van der Waals surface area (Å²) in [4.78, 5) is 25.7. The van der Waals surface area contributed by atoms with Crippen LogP contribution in [0.4, 0.5) is 0 Å². The predicted octanol–water partition coefficient (Wildman–Crippen LogP) is 2.94. The summed E-state index contributed by atoms with van der Waals surface area (Å²) in [6.45, 7) is 12.6. The lowest BCUT2D eigenvalue weighted by molar-refractivity contribution is -0.123. The molecule has 7 unspecified atom stereocenters. The Balaban J connectivity index is 1.89. The van der Waals surface area contributed by atoms with Gasteiger partial charge in [-0.2, -0.15) is 0 Å². The molecule has 0 aliphatic heterocycles. The third-order valence-corrected chi connectivity index (χ3v) is 7.46. The number of ketones is 2. The van der Waals surface area contributed by atoms with Crippen molar-refractivity contribution < 1.29 is 14.7 Å². The highest BCUT2D eigenvalue weighted by Crippen LogP contribution is 2.70. The van der Waals surface area contributed by atoms with Gasteiger partial charge in [-0.3, -0.25) is 9.59 Å². The molecule has 0 spiro atoms. The molecule has 23 heavy (non-hydrogen) atoms. The highest BCUT2D eigenvalue weighted by molar-refractivity contribution is 6.14. The number of hydrogen-bond donors (Lipinski definition) is 1. The molecule has 1 N–H and O–H groups in total. The molecule has 0 heterocycles. The lowest BCUT2D eigenvalue weighted by Crippen LogP contribution is -2.39. The van der Waals surface area contributed by atoms with Gasteiger partial charge in [0.1, 0.15) is 0 Å². The topological polar surface area (TPSA) is 54.4 Å². The lowest BCUT2D eigenvalue weighted by atomic mass is 9.64. The van der Waals surface area contributed by atoms with Crippen LogP contribution >= 0.6 is 0 Å². The zero-order valence-corrected chi connectivity index (χ0v) is 14.4. The first-order chi connectivity index (χ1) is 10.7. The lowest BCUT2D eigenvalue weighted by Gasteiger charge is -2.38. The fourth-order valence-corrected chi connectivity index (χ4v) is 6.02. The molecule has 0 saturated heterocycles. The molecule has 0 aromatic carbocycles. The Morgan fingerprint density at radius 2 is 1.70 bits per heavy atom. The van der Waals surface area contributed by atoms with Crippen LogP contribution < -0.4 is 0 Å². The Hall–Kier alpha value is -1.22. The Kier molecular flexibility index (Phi) is 2.96. The summed E-state index contributed by atoms with van der Waals surface area (Å²) in [7, 11) is 0. The molecule has 4 aliphatic carbocycles. The predicted molar refractivity (Wildman–Crippen MR) is 87.5 cm³/mol. The number of hydrogen-bond acceptors (Lipinski definition) is 3. The first-order valence-corrected chi connectivity index (χ1v) is 8.87. The van der Waals surface area contributed by atoms with Crippen LogP contribution in [0.2, 0.25) is 0 Å². The Labute approximate surface area is 137 Å². The second-order valence-electron chi connectivity index (χ2n) is 8.78. The number of Topliss-reactive ketones (excluding diaryl/α,β-unsaturated/α-hetero) is 2. The monoisotopic (exact) mass is 314 g/mol. The number of allylic oxidation sites excluding steroid dienone is 2. The zero-order valence-electron chi connectivity index (χ0n) is 14.4. The quantitative estimate of drug-likeness (QED) is 0.699. The Morgan fingerprint density at radius 3 is 2.35 bits per heavy atom. The van der Waals surface area contributed by atoms with E-state index in [4.69, 9.17) is 0 Å². The average Bonchev–Trinajstić information content (AvgIpc) is 3.02. The molecule has 4 rings (SSSR count). The average molecular weight is 314 g/mol. The Bertz CT molecular complexity index is 668. The maximum atomic E-state index is 13.0. The SMILES string of the molecule is C=C1CCC2C(C3C(C)C(=O)C4=C(C(=O)C(C)C4O)C13)C2(C)C. The van der Waals surface area contributed by atoms with Gasteiger partial charge in [0.2, 0.25) is 0 Å². The van der Waals surface area contributed by atoms with Crippen molar-refractivity contribution >= 4 is 11.6 Å². The van der Waals surface area contributed by atoms with E-state index in [0.29, 0.717) is 23.0 Å². The van der Waals surface area contributed by atoms with Crippen LogP contribution in [0.1, 0.15) is 40.5 Å². The Morgan fingerprint density at radius 1 is 1.09 bits per heavy atom. The van der Waals surface area contributed by atoms with Gasteiger partial charge < -0.3 is 5.11 Å². The summed E-state index contributed by atoms with van der Waals surface area (Å²) in [5.74, 6) is 0.623. The van der Waals surface area contributed by atoms with Crippen LogP contribution in [-0.4, -0.2) is 22.8 Å². The van der Waals surface area contributed by atoms with E-state index < -0.39 is 12.0 Å². The van der Waals surface area contributed by atoms with Gasteiger partial charge in [-0.05, 0) is 36.0 Å². The van der Waals surface area contributed by atoms with E-state index >= 15 is 0 Å². The smallest absolute Gasteiger partial charge is 0.165 e. The summed E-state index contributed by atoms with van der Waals surface area (Å²) in [5, 5.41) is 10.4. The van der Waals surface area contributed by atoms with Crippen molar-refractivity contribution in [1.29, 1.82) is 0 Å². The van der Waals surface area contributed by atoms with Gasteiger partial charge in [0.05, 0.1) is 6.10 Å². The third-order valence-electron chi connectivity index (χ3n) is 7.46. The van der Waals surface area contributed by atoms with Gasteiger partial charge in [0.25, 0.3) is 0 Å². The summed E-state index contributed by atoms with van der Waals surface area (Å²) in [6.07, 6.45) is 1.12. The van der Waals surface area contributed by atoms with Crippen LogP contribution in [0.25, 0.3) is 0 Å². The number of carbonyl (C=O) groups excluding carboxylic acids is 2. The molecule has 3 nitrogen and oxygen atoms in total. The molecule has 124 valence electrons. The molecular formula is C20H26O3. The van der Waals surface area contributed by atoms with Crippen molar-refractivity contribution in [3.63, 3.8) is 0 Å². The largest absolute Gasteiger partial charge is 0.388 e. The molecular weight excluding hydrogens is 288 g/mol. The second kappa shape index (κ2) is 4.44. The molecule has 0 aromatic rings. The summed E-state index contributed by atoms with van der Waals surface area (Å²) in [6, 6.07) is 0. The number of aliphatic hydroxyl groups is 1. The number of rotatable bonds is 0. The van der Waals surface area contributed by atoms with Crippen LogP contribution in [-0.2, 0) is 9.59 Å². The zero-order chi connectivity index (χ0) is 16.8. The van der Waals surface area contributed by atoms with Crippen LogP contribution in [0.15, 0.2) is 23.3 Å². The normalized spacial score (nSPS) is 47.9. The van der Waals surface area contributed by atoms with Gasteiger partial charge in [-0.15, -0.1) is 0 Å². The first-order valence-electron chi connectivity index (χ1n) is 8.87. The van der Waals surface area contributed by atoms with E-state index in [2.05, 4.69) is 20.4 Å². The molecule has 0 bridgehead atoms. The van der Waals surface area contributed by atoms with E-state index in [0.717, 1.165) is 18.4 Å². The fourth-order valence-electron chi connectivity index (χ4n) is 6.02. The molecule has 0 aromatic heterocycles. The molecule has 0 radical (unpaired) electrons. The molecule has 3 heteroatoms. The molecule has 4 aliphatic rings. The maximum Gasteiger partial charge on any atom is 0.165 e. The summed E-state index contributed by atoms with van der Waals surface area (Å²) in [5.41, 5.74) is 2.38. The van der Waals surface area contributed by atoms with Crippen molar-refractivity contribution in [2.24, 2.45) is 40.9 Å². The summed E-state index contributed by atoms with van der Waals surface area (Å²) >= 11 is 0. The standard InChI is InChI=1S/C20H26O3/c1-8-6-7-11-16(20(11,4)5)13-9(2)17(21)15-14(12(8)13)18(22)10(3)19(15)23/h9-13,16,19,23H,1,6-7H2,2-5H3. The van der Waals surface area contributed by atoms with Crippen molar-refractivity contribution in [1.82, 2.24) is 0 Å². The van der Waals surface area contributed by atoms with Gasteiger partial charge in [0.15, 0.2) is 11.6 Å². The van der Waals surface area contributed by atoms with Gasteiger partial charge >= 0.3 is 0 Å². The van der Waals surface area contributed by atoms with Crippen molar-refractivity contribution in [2.75, 3.05) is 0 Å². The van der Waals surface area contributed by atoms with Crippen LogP contribution in [0, 0.1) is 40.9 Å². The maximum absolute atomic E-state index is 13.0. The number of fused-ring (bicyclic) bond motifs is 4. The molecule has 2 saturated carbocycles. The van der Waals surface area contributed by atoms with E-state index in [1.165, 1.54) is 0 Å². The van der Waals surface area contributed by atoms with E-state index in [9.17, 15) is 14.7 Å². The minimum absolute atomic E-state index is 0.00241. The molecule has 2 fully saturated rings. The minimum Gasteiger partial charge on any atom is -0.388 e. The number of carbonyl (C=O) groups is 2. The first kappa shape index (κ1) is 15.3. The minimum atomic E-state index is -0.924. The van der Waals surface area contributed by atoms with E-state index in [1.54, 1.807) is 6.92 Å². The second-order valence-corrected chi connectivity index (χ2v) is 8.78. The van der Waals surface area contributed by atoms with Gasteiger partial charge in [-0.25, -0.2) is 0 Å². The van der Waals surface area contributed by atoms with Gasteiger partial charge in [-0.1, -0.05) is 39.8 Å². The van der Waals surface area contributed by atoms with Gasteiger partial charge in [0, 0.05) is 28.9 Å². The molecule has 7 atom stereocenters. The third kappa shape index (κ3) is 1.69. The fraction of sp³-hybridized carbons (Fsp3) is 0.700. The molecule has 0 amide bonds. The van der Waals surface area contributed by atoms with Crippen molar-refractivity contribution in [3.8, 4) is 0 Å². The van der Waals surface area contributed by atoms with Crippen molar-refractivity contribution in [3.05, 3.63) is 23.3 Å². The van der Waals surface area contributed by atoms with Crippen molar-refractivity contribution in [2.45, 2.75) is 46.6 Å². The van der Waals surface area contributed by atoms with E-state index in [-0.39, 0.29) is 34.7 Å². The van der Waals surface area contributed by atoms with E-state index in [1.807, 2.05) is 6.92 Å². The highest BCUT2D eigenvalue weighted by Gasteiger charge is 2.67. The van der Waals surface area contributed by atoms with Crippen LogP contribution in [0.3, 0.4) is 0 Å². The van der Waals surface area contributed by atoms with Crippen LogP contribution in [0.5, 0.6) is 0 Å².